The smallest absolute Gasteiger partial charge is 0.278 e. The molecule has 150 valence electrons. The van der Waals surface area contributed by atoms with Gasteiger partial charge >= 0.3 is 0 Å². The van der Waals surface area contributed by atoms with Gasteiger partial charge in [0.05, 0.1) is 15.9 Å². The molecule has 0 bridgehead atoms. The number of hydrogen-bond donors (Lipinski definition) is 0. The molecule has 0 radical (unpaired) electrons. The Balaban J connectivity index is 1.98. The number of anilines is 1. The molecule has 0 saturated carbocycles. The van der Waals surface area contributed by atoms with E-state index in [9.17, 15) is 4.79 Å². The van der Waals surface area contributed by atoms with Crippen molar-refractivity contribution in [2.45, 2.75) is 34.2 Å². The fourth-order valence-electron chi connectivity index (χ4n) is 3.16. The number of aryl methyl sites for hydroxylation is 2. The lowest BCUT2D eigenvalue weighted by atomic mass is 10.3. The molecule has 0 aliphatic heterocycles. The highest BCUT2D eigenvalue weighted by Gasteiger charge is 2.25. The van der Waals surface area contributed by atoms with Gasteiger partial charge in [0.2, 0.25) is 0 Å². The van der Waals surface area contributed by atoms with Gasteiger partial charge in [-0.05, 0) is 51.2 Å². The number of carbonyl (C=O) groups is 1. The van der Waals surface area contributed by atoms with E-state index >= 15 is 0 Å². The minimum Gasteiger partial charge on any atom is -0.302 e. The number of likely N-dealkylation sites (N-methyl/N-ethyl adjacent to an activating group) is 1. The third-order valence-corrected chi connectivity index (χ3v) is 6.05. The zero-order valence-corrected chi connectivity index (χ0v) is 18.3. The topological polar surface area (TPSA) is 54.3 Å². The molecule has 0 spiro atoms. The van der Waals surface area contributed by atoms with Gasteiger partial charge < -0.3 is 4.90 Å². The third kappa shape index (κ3) is 4.37. The van der Waals surface area contributed by atoms with E-state index in [-0.39, 0.29) is 5.91 Å². The molecule has 0 aliphatic rings. The lowest BCUT2D eigenvalue weighted by Crippen LogP contribution is -2.39. The predicted octanol–water partition coefficient (Wildman–Crippen LogP) is 4.46. The Morgan fingerprint density at radius 1 is 1.18 bits per heavy atom. The van der Waals surface area contributed by atoms with Crippen LogP contribution in [0.5, 0.6) is 0 Å². The summed E-state index contributed by atoms with van der Waals surface area (Å²) in [7, 11) is 0. The van der Waals surface area contributed by atoms with Gasteiger partial charge in [-0.3, -0.25) is 14.4 Å². The molecule has 0 N–H and O–H groups in total. The van der Waals surface area contributed by atoms with Crippen molar-refractivity contribution in [1.29, 1.82) is 0 Å². The van der Waals surface area contributed by atoms with Crippen molar-refractivity contribution in [3.8, 4) is 0 Å². The SMILES string of the molecule is CCN(CC)CCN(C(=O)c1cc(C)nn1CC)c1nc2ccc(Cl)cc2s1. The first-order valence-corrected chi connectivity index (χ1v) is 10.8. The van der Waals surface area contributed by atoms with E-state index in [2.05, 4.69) is 23.8 Å². The van der Waals surface area contributed by atoms with E-state index in [0.29, 0.717) is 28.9 Å². The minimum absolute atomic E-state index is 0.0697. The molecule has 0 saturated heterocycles. The van der Waals surface area contributed by atoms with Gasteiger partial charge in [-0.2, -0.15) is 5.10 Å². The maximum absolute atomic E-state index is 13.5. The van der Waals surface area contributed by atoms with Crippen LogP contribution < -0.4 is 4.90 Å². The third-order valence-electron chi connectivity index (χ3n) is 4.77. The average Bonchev–Trinajstić information content (AvgIpc) is 3.27. The van der Waals surface area contributed by atoms with Crippen LogP contribution in [-0.4, -0.2) is 51.8 Å². The average molecular weight is 420 g/mol. The van der Waals surface area contributed by atoms with Crippen molar-refractivity contribution >= 4 is 44.2 Å². The van der Waals surface area contributed by atoms with Crippen LogP contribution in [0, 0.1) is 6.92 Å². The zero-order valence-electron chi connectivity index (χ0n) is 16.8. The Kier molecular flexibility index (Phi) is 6.69. The molecule has 1 amide bonds. The van der Waals surface area contributed by atoms with E-state index in [1.165, 1.54) is 11.3 Å². The van der Waals surface area contributed by atoms with Crippen molar-refractivity contribution in [2.24, 2.45) is 0 Å². The number of carbonyl (C=O) groups excluding carboxylic acids is 1. The Morgan fingerprint density at radius 3 is 2.61 bits per heavy atom. The number of thiazole rings is 1. The first kappa shape index (κ1) is 20.8. The first-order valence-electron chi connectivity index (χ1n) is 9.61. The van der Waals surface area contributed by atoms with Gasteiger partial charge in [0, 0.05) is 24.7 Å². The fraction of sp³-hybridized carbons (Fsp3) is 0.450. The highest BCUT2D eigenvalue weighted by molar-refractivity contribution is 7.22. The Morgan fingerprint density at radius 2 is 1.93 bits per heavy atom. The normalized spacial score (nSPS) is 11.5. The van der Waals surface area contributed by atoms with Gasteiger partial charge in [0.1, 0.15) is 5.69 Å². The molecule has 1 aromatic carbocycles. The Labute approximate surface area is 174 Å². The summed E-state index contributed by atoms with van der Waals surface area (Å²) in [6.07, 6.45) is 0. The summed E-state index contributed by atoms with van der Waals surface area (Å²) >= 11 is 7.62. The number of hydrogen-bond acceptors (Lipinski definition) is 5. The van der Waals surface area contributed by atoms with Crippen molar-refractivity contribution in [2.75, 3.05) is 31.1 Å². The van der Waals surface area contributed by atoms with Crippen LogP contribution >= 0.6 is 22.9 Å². The predicted molar refractivity (Wildman–Crippen MR) is 117 cm³/mol. The van der Waals surface area contributed by atoms with Crippen molar-refractivity contribution in [1.82, 2.24) is 19.7 Å². The van der Waals surface area contributed by atoms with Gasteiger partial charge in [-0.15, -0.1) is 0 Å². The molecule has 0 aliphatic carbocycles. The van der Waals surface area contributed by atoms with Crippen molar-refractivity contribution in [3.63, 3.8) is 0 Å². The molecule has 8 heteroatoms. The van der Waals surface area contributed by atoms with Crippen LogP contribution in [0.4, 0.5) is 5.13 Å². The molecular formula is C20H26ClN5OS. The molecule has 0 atom stereocenters. The van der Waals surface area contributed by atoms with Gasteiger partial charge in [0.15, 0.2) is 5.13 Å². The summed E-state index contributed by atoms with van der Waals surface area (Å²) in [5.41, 5.74) is 2.28. The number of nitrogens with zero attached hydrogens (tertiary/aromatic N) is 5. The molecule has 2 heterocycles. The van der Waals surface area contributed by atoms with Crippen LogP contribution in [0.3, 0.4) is 0 Å². The second-order valence-corrected chi connectivity index (χ2v) is 8.02. The molecule has 0 fully saturated rings. The molecule has 0 unspecified atom stereocenters. The Bertz CT molecular complexity index is 963. The van der Waals surface area contributed by atoms with E-state index in [1.807, 2.05) is 38.1 Å². The van der Waals surface area contributed by atoms with E-state index in [0.717, 1.165) is 35.5 Å². The van der Waals surface area contributed by atoms with Crippen molar-refractivity contribution < 1.29 is 4.79 Å². The lowest BCUT2D eigenvalue weighted by molar-refractivity contribution is 0.0973. The highest BCUT2D eigenvalue weighted by atomic mass is 35.5. The lowest BCUT2D eigenvalue weighted by Gasteiger charge is -2.24. The second kappa shape index (κ2) is 9.03. The summed E-state index contributed by atoms with van der Waals surface area (Å²) in [5.74, 6) is -0.0697. The minimum atomic E-state index is -0.0697. The van der Waals surface area contributed by atoms with Crippen LogP contribution in [0.25, 0.3) is 10.2 Å². The molecule has 28 heavy (non-hydrogen) atoms. The molecule has 6 nitrogen and oxygen atoms in total. The van der Waals surface area contributed by atoms with E-state index in [1.54, 1.807) is 9.58 Å². The summed E-state index contributed by atoms with van der Waals surface area (Å²) in [5, 5.41) is 5.79. The maximum Gasteiger partial charge on any atom is 0.278 e. The van der Waals surface area contributed by atoms with Crippen LogP contribution in [0.2, 0.25) is 5.02 Å². The quantitative estimate of drug-likeness (QED) is 0.540. The maximum atomic E-state index is 13.5. The number of halogens is 1. The molecular weight excluding hydrogens is 394 g/mol. The highest BCUT2D eigenvalue weighted by Crippen LogP contribution is 2.31. The van der Waals surface area contributed by atoms with Gasteiger partial charge in [-0.1, -0.05) is 36.8 Å². The standard InChI is InChI=1S/C20H26ClN5OS/c1-5-24(6-2)10-11-25(19(27)17-12-14(4)23-26(17)7-3)20-22-16-9-8-15(21)13-18(16)28-20/h8-9,12-13H,5-7,10-11H2,1-4H3. The number of amides is 1. The molecule has 3 rings (SSSR count). The zero-order chi connectivity index (χ0) is 20.3. The van der Waals surface area contributed by atoms with Crippen LogP contribution in [0.15, 0.2) is 24.3 Å². The van der Waals surface area contributed by atoms with E-state index < -0.39 is 0 Å². The fourth-order valence-corrected chi connectivity index (χ4v) is 4.43. The number of aromatic nitrogens is 3. The summed E-state index contributed by atoms with van der Waals surface area (Å²) in [6.45, 7) is 12.0. The molecule has 2 aromatic heterocycles. The molecule has 3 aromatic rings. The summed E-state index contributed by atoms with van der Waals surface area (Å²) in [6, 6.07) is 7.46. The van der Waals surface area contributed by atoms with Crippen LogP contribution in [-0.2, 0) is 6.54 Å². The monoisotopic (exact) mass is 419 g/mol. The summed E-state index contributed by atoms with van der Waals surface area (Å²) in [4.78, 5) is 22.2. The van der Waals surface area contributed by atoms with Crippen LogP contribution in [0.1, 0.15) is 37.0 Å². The second-order valence-electron chi connectivity index (χ2n) is 6.58. The largest absolute Gasteiger partial charge is 0.302 e. The van der Waals surface area contributed by atoms with E-state index in [4.69, 9.17) is 16.6 Å². The number of benzene rings is 1. The van der Waals surface area contributed by atoms with Gasteiger partial charge in [0.25, 0.3) is 5.91 Å². The number of fused-ring (bicyclic) bond motifs is 1. The van der Waals surface area contributed by atoms with Gasteiger partial charge in [-0.25, -0.2) is 4.98 Å². The Hall–Kier alpha value is -1.96. The number of rotatable bonds is 8. The first-order chi connectivity index (χ1) is 13.5. The van der Waals surface area contributed by atoms with Crippen molar-refractivity contribution in [3.05, 3.63) is 40.7 Å². The summed E-state index contributed by atoms with van der Waals surface area (Å²) < 4.78 is 2.73.